The number of fused-ring (bicyclic) bond motifs is 1. The molecule has 1 fully saturated rings. The molecule has 0 aliphatic carbocycles. The van der Waals surface area contributed by atoms with E-state index in [1.54, 1.807) is 4.90 Å². The lowest BCUT2D eigenvalue weighted by atomic mass is 10.1. The molecule has 0 spiro atoms. The van der Waals surface area contributed by atoms with Crippen LogP contribution in [0.5, 0.6) is 0 Å². The van der Waals surface area contributed by atoms with E-state index in [1.165, 1.54) is 11.3 Å². The van der Waals surface area contributed by atoms with Crippen LogP contribution < -0.4 is 5.32 Å². The average Bonchev–Trinajstić information content (AvgIpc) is 3.56. The van der Waals surface area contributed by atoms with Gasteiger partial charge >= 0.3 is 0 Å². The standard InChI is InChI=1S/C24H23ClN4O3S/c25-23-6-5-22(33-23)21-14-18(27-32-21)9-12-29-19-4-2-1-3-16(19)13-20(29)24(31)26-17-7-10-28(15-30)11-8-17/h1-6,13-15,17H,7-12H2,(H,26,31). The fourth-order valence-corrected chi connectivity index (χ4v) is 5.26. The van der Waals surface area contributed by atoms with E-state index in [4.69, 9.17) is 16.1 Å². The van der Waals surface area contributed by atoms with Crippen molar-refractivity contribution in [3.8, 4) is 10.6 Å². The number of hydrogen-bond donors (Lipinski definition) is 1. The number of thiophene rings is 1. The summed E-state index contributed by atoms with van der Waals surface area (Å²) in [4.78, 5) is 26.8. The number of nitrogens with zero attached hydrogens (tertiary/aromatic N) is 3. The predicted octanol–water partition coefficient (Wildman–Crippen LogP) is 4.60. The van der Waals surface area contributed by atoms with Gasteiger partial charge in [-0.1, -0.05) is 35.0 Å². The highest BCUT2D eigenvalue weighted by Gasteiger charge is 2.23. The van der Waals surface area contributed by atoms with E-state index in [0.717, 1.165) is 40.7 Å². The van der Waals surface area contributed by atoms with Gasteiger partial charge in [0.15, 0.2) is 5.76 Å². The second-order valence-corrected chi connectivity index (χ2v) is 9.88. The van der Waals surface area contributed by atoms with E-state index < -0.39 is 0 Å². The monoisotopic (exact) mass is 482 g/mol. The van der Waals surface area contributed by atoms with Crippen molar-refractivity contribution in [1.82, 2.24) is 19.9 Å². The van der Waals surface area contributed by atoms with Gasteiger partial charge < -0.3 is 19.3 Å². The van der Waals surface area contributed by atoms with E-state index >= 15 is 0 Å². The molecular formula is C24H23ClN4O3S. The Kier molecular flexibility index (Phi) is 6.20. The molecule has 2 amide bonds. The van der Waals surface area contributed by atoms with Crippen molar-refractivity contribution >= 4 is 46.2 Å². The van der Waals surface area contributed by atoms with Crippen LogP contribution in [0.3, 0.4) is 0 Å². The van der Waals surface area contributed by atoms with Crippen LogP contribution in [-0.4, -0.2) is 46.1 Å². The molecule has 1 aliphatic heterocycles. The third kappa shape index (κ3) is 4.67. The molecule has 170 valence electrons. The molecule has 9 heteroatoms. The molecule has 0 unspecified atom stereocenters. The van der Waals surface area contributed by atoms with E-state index in [2.05, 4.69) is 10.5 Å². The van der Waals surface area contributed by atoms with Gasteiger partial charge in [-0.2, -0.15) is 0 Å². The molecule has 0 radical (unpaired) electrons. The summed E-state index contributed by atoms with van der Waals surface area (Å²) in [6, 6.07) is 15.7. The fourth-order valence-electron chi connectivity index (χ4n) is 4.27. The van der Waals surface area contributed by atoms with Gasteiger partial charge in [0.2, 0.25) is 6.41 Å². The molecule has 4 aromatic rings. The number of carbonyl (C=O) groups excluding carboxylic acids is 2. The summed E-state index contributed by atoms with van der Waals surface area (Å²) in [6.07, 6.45) is 3.02. The quantitative estimate of drug-likeness (QED) is 0.390. The third-order valence-corrected chi connectivity index (χ3v) is 7.27. The van der Waals surface area contributed by atoms with Gasteiger partial charge in [0.05, 0.1) is 14.9 Å². The maximum absolute atomic E-state index is 13.2. The Labute approximate surface area is 199 Å². The first kappa shape index (κ1) is 21.7. The lowest BCUT2D eigenvalue weighted by Gasteiger charge is -2.29. The SMILES string of the molecule is O=CN1CCC(NC(=O)c2cc3ccccc3n2CCc2cc(-c3ccc(Cl)s3)on2)CC1. The van der Waals surface area contributed by atoms with Crippen LogP contribution in [0.25, 0.3) is 21.5 Å². The van der Waals surface area contributed by atoms with Crippen molar-refractivity contribution in [2.24, 2.45) is 0 Å². The van der Waals surface area contributed by atoms with Crippen LogP contribution in [0.1, 0.15) is 29.0 Å². The number of piperidine rings is 1. The lowest BCUT2D eigenvalue weighted by Crippen LogP contribution is -2.44. The molecular weight excluding hydrogens is 460 g/mol. The van der Waals surface area contributed by atoms with Crippen molar-refractivity contribution in [2.45, 2.75) is 31.8 Å². The minimum absolute atomic E-state index is 0.0656. The van der Waals surface area contributed by atoms with E-state index in [9.17, 15) is 9.59 Å². The summed E-state index contributed by atoms with van der Waals surface area (Å²) >= 11 is 7.48. The second-order valence-electron chi connectivity index (χ2n) is 8.17. The van der Waals surface area contributed by atoms with Gasteiger partial charge in [-0.3, -0.25) is 9.59 Å². The van der Waals surface area contributed by atoms with Gasteiger partial charge in [0, 0.05) is 49.1 Å². The fraction of sp³-hybridized carbons (Fsp3) is 0.292. The van der Waals surface area contributed by atoms with Crippen molar-refractivity contribution < 1.29 is 14.1 Å². The summed E-state index contributed by atoms with van der Waals surface area (Å²) in [5.41, 5.74) is 2.45. The number of aryl methyl sites for hydroxylation is 2. The molecule has 5 rings (SSSR count). The number of rotatable bonds is 7. The van der Waals surface area contributed by atoms with Crippen molar-refractivity contribution in [1.29, 1.82) is 0 Å². The number of amides is 2. The molecule has 0 atom stereocenters. The van der Waals surface area contributed by atoms with Gasteiger partial charge in [-0.25, -0.2) is 0 Å². The number of hydrogen-bond acceptors (Lipinski definition) is 5. The lowest BCUT2D eigenvalue weighted by molar-refractivity contribution is -0.119. The summed E-state index contributed by atoms with van der Waals surface area (Å²) in [5.74, 6) is 0.601. The van der Waals surface area contributed by atoms with Gasteiger partial charge in [0.1, 0.15) is 5.69 Å². The molecule has 33 heavy (non-hydrogen) atoms. The largest absolute Gasteiger partial charge is 0.355 e. The van der Waals surface area contributed by atoms with Crippen LogP contribution >= 0.6 is 22.9 Å². The van der Waals surface area contributed by atoms with Crippen LogP contribution in [0.4, 0.5) is 0 Å². The smallest absolute Gasteiger partial charge is 0.268 e. The normalized spacial score (nSPS) is 14.6. The Morgan fingerprint density at radius 2 is 2.03 bits per heavy atom. The molecule has 1 saturated heterocycles. The summed E-state index contributed by atoms with van der Waals surface area (Å²) in [5, 5.41) is 8.39. The summed E-state index contributed by atoms with van der Waals surface area (Å²) < 4.78 is 8.25. The zero-order valence-electron chi connectivity index (χ0n) is 17.9. The molecule has 1 aliphatic rings. The Hall–Kier alpha value is -3.10. The van der Waals surface area contributed by atoms with Gasteiger partial charge in [-0.05, 0) is 37.1 Å². The van der Waals surface area contributed by atoms with Gasteiger partial charge in [0.25, 0.3) is 5.91 Å². The maximum Gasteiger partial charge on any atom is 0.268 e. The number of halogens is 1. The molecule has 0 saturated carbocycles. The highest BCUT2D eigenvalue weighted by molar-refractivity contribution is 7.19. The Balaban J connectivity index is 1.33. The number of aromatic nitrogens is 2. The van der Waals surface area contributed by atoms with Crippen LogP contribution in [-0.2, 0) is 17.8 Å². The summed E-state index contributed by atoms with van der Waals surface area (Å²) in [6.45, 7) is 1.93. The number of para-hydroxylation sites is 1. The van der Waals surface area contributed by atoms with Crippen LogP contribution in [0.2, 0.25) is 4.34 Å². The molecule has 3 aromatic heterocycles. The third-order valence-electron chi connectivity index (χ3n) is 6.02. The first-order valence-electron chi connectivity index (χ1n) is 10.9. The highest BCUT2D eigenvalue weighted by Crippen LogP contribution is 2.31. The highest BCUT2D eigenvalue weighted by atomic mass is 35.5. The second kappa shape index (κ2) is 9.41. The molecule has 7 nitrogen and oxygen atoms in total. The first-order valence-corrected chi connectivity index (χ1v) is 12.1. The Morgan fingerprint density at radius 3 is 2.79 bits per heavy atom. The first-order chi connectivity index (χ1) is 16.1. The predicted molar refractivity (Wildman–Crippen MR) is 129 cm³/mol. The number of nitrogens with one attached hydrogen (secondary N) is 1. The molecule has 4 heterocycles. The zero-order chi connectivity index (χ0) is 22.8. The molecule has 1 aromatic carbocycles. The Morgan fingerprint density at radius 1 is 1.21 bits per heavy atom. The summed E-state index contributed by atoms with van der Waals surface area (Å²) in [7, 11) is 0. The number of carbonyl (C=O) groups is 2. The average molecular weight is 483 g/mol. The van der Waals surface area contributed by atoms with E-state index in [0.29, 0.717) is 41.8 Å². The van der Waals surface area contributed by atoms with Crippen molar-refractivity contribution in [2.75, 3.05) is 13.1 Å². The van der Waals surface area contributed by atoms with Gasteiger partial charge in [-0.15, -0.1) is 11.3 Å². The van der Waals surface area contributed by atoms with Crippen molar-refractivity contribution in [3.63, 3.8) is 0 Å². The molecule has 0 bridgehead atoms. The minimum atomic E-state index is -0.0928. The Bertz CT molecular complexity index is 1290. The maximum atomic E-state index is 13.2. The van der Waals surface area contributed by atoms with E-state index in [1.807, 2.05) is 53.1 Å². The minimum Gasteiger partial charge on any atom is -0.355 e. The number of likely N-dealkylation sites (tertiary alicyclic amines) is 1. The molecule has 1 N–H and O–H groups in total. The topological polar surface area (TPSA) is 80.4 Å². The van der Waals surface area contributed by atoms with Crippen LogP contribution in [0, 0.1) is 0 Å². The zero-order valence-corrected chi connectivity index (χ0v) is 19.4. The number of benzene rings is 1. The van der Waals surface area contributed by atoms with Crippen LogP contribution in [0.15, 0.2) is 53.1 Å². The van der Waals surface area contributed by atoms with E-state index in [-0.39, 0.29) is 11.9 Å². The van der Waals surface area contributed by atoms with Crippen molar-refractivity contribution in [3.05, 3.63) is 64.3 Å².